The molecule has 1 saturated heterocycles. The highest BCUT2D eigenvalue weighted by atomic mass is 32.2. The van der Waals surface area contributed by atoms with Crippen LogP contribution in [0.1, 0.15) is 32.1 Å². The number of hydrogen-bond donors (Lipinski definition) is 2. The van der Waals surface area contributed by atoms with Crippen molar-refractivity contribution < 1.29 is 8.42 Å². The van der Waals surface area contributed by atoms with Crippen LogP contribution in [-0.2, 0) is 10.0 Å². The zero-order chi connectivity index (χ0) is 19.8. The van der Waals surface area contributed by atoms with Gasteiger partial charge in [-0.25, -0.2) is 13.4 Å². The molecule has 3 rings (SSSR count). The van der Waals surface area contributed by atoms with Gasteiger partial charge in [-0.15, -0.1) is 0 Å². The molecule has 8 nitrogen and oxygen atoms in total. The second-order valence-electron chi connectivity index (χ2n) is 7.37. The molecule has 156 valence electrons. The molecule has 0 amide bonds. The molecule has 28 heavy (non-hydrogen) atoms. The van der Waals surface area contributed by atoms with Crippen molar-refractivity contribution in [1.82, 2.24) is 19.9 Å². The number of pyridine rings is 1. The third-order valence-electron chi connectivity index (χ3n) is 5.43. The van der Waals surface area contributed by atoms with Crippen LogP contribution in [0.2, 0.25) is 0 Å². The van der Waals surface area contributed by atoms with Crippen molar-refractivity contribution in [3.63, 3.8) is 0 Å². The Kier molecular flexibility index (Phi) is 7.50. The molecule has 0 spiro atoms. The van der Waals surface area contributed by atoms with Crippen molar-refractivity contribution in [2.45, 2.75) is 38.1 Å². The van der Waals surface area contributed by atoms with Crippen molar-refractivity contribution in [1.29, 1.82) is 0 Å². The highest BCUT2D eigenvalue weighted by Gasteiger charge is 2.27. The topological polar surface area (TPSA) is 89.9 Å². The van der Waals surface area contributed by atoms with Crippen LogP contribution in [0, 0.1) is 0 Å². The lowest BCUT2D eigenvalue weighted by Crippen LogP contribution is -2.51. The van der Waals surface area contributed by atoms with E-state index in [2.05, 4.69) is 25.5 Å². The second-order valence-corrected chi connectivity index (χ2v) is 9.46. The Hall–Kier alpha value is -1.87. The molecule has 0 atom stereocenters. The van der Waals surface area contributed by atoms with E-state index in [0.717, 1.165) is 18.7 Å². The quantitative estimate of drug-likeness (QED) is 0.540. The Balaban J connectivity index is 1.42. The molecule has 0 bridgehead atoms. The Morgan fingerprint density at radius 3 is 2.57 bits per heavy atom. The van der Waals surface area contributed by atoms with Gasteiger partial charge in [0.2, 0.25) is 10.0 Å². The predicted octanol–water partition coefficient (Wildman–Crippen LogP) is 1.03. The SMILES string of the molecule is CN=C(NCCS(=O)(=O)N1CCN(c2ccccn2)CC1)NC1CCCCC1. The molecule has 0 aromatic carbocycles. The van der Waals surface area contributed by atoms with Gasteiger partial charge in [-0.1, -0.05) is 25.3 Å². The zero-order valence-corrected chi connectivity index (χ0v) is 17.5. The molecule has 2 heterocycles. The first-order chi connectivity index (χ1) is 13.6. The molecule has 1 aliphatic carbocycles. The number of anilines is 1. The highest BCUT2D eigenvalue weighted by molar-refractivity contribution is 7.89. The summed E-state index contributed by atoms with van der Waals surface area (Å²) in [4.78, 5) is 10.7. The third-order valence-corrected chi connectivity index (χ3v) is 7.30. The van der Waals surface area contributed by atoms with Crippen LogP contribution in [-0.4, -0.2) is 75.2 Å². The van der Waals surface area contributed by atoms with Gasteiger partial charge in [-0.2, -0.15) is 4.31 Å². The lowest BCUT2D eigenvalue weighted by Gasteiger charge is -2.34. The van der Waals surface area contributed by atoms with Gasteiger partial charge in [0.1, 0.15) is 5.82 Å². The maximum atomic E-state index is 12.7. The molecule has 1 aromatic heterocycles. The molecule has 1 aromatic rings. The first kappa shape index (κ1) is 20.9. The van der Waals surface area contributed by atoms with E-state index in [1.54, 1.807) is 17.5 Å². The van der Waals surface area contributed by atoms with E-state index in [9.17, 15) is 8.42 Å². The first-order valence-electron chi connectivity index (χ1n) is 10.2. The molecule has 2 N–H and O–H groups in total. The van der Waals surface area contributed by atoms with Gasteiger partial charge in [0.15, 0.2) is 5.96 Å². The largest absolute Gasteiger partial charge is 0.355 e. The highest BCUT2D eigenvalue weighted by Crippen LogP contribution is 2.17. The van der Waals surface area contributed by atoms with E-state index < -0.39 is 10.0 Å². The molecule has 1 aliphatic heterocycles. The molecule has 1 saturated carbocycles. The number of aromatic nitrogens is 1. The Morgan fingerprint density at radius 1 is 1.18 bits per heavy atom. The van der Waals surface area contributed by atoms with Crippen LogP contribution >= 0.6 is 0 Å². The molecular weight excluding hydrogens is 376 g/mol. The van der Waals surface area contributed by atoms with E-state index >= 15 is 0 Å². The fourth-order valence-electron chi connectivity index (χ4n) is 3.80. The van der Waals surface area contributed by atoms with Crippen LogP contribution in [0.15, 0.2) is 29.4 Å². The van der Waals surface area contributed by atoms with Crippen molar-refractivity contribution in [3.05, 3.63) is 24.4 Å². The lowest BCUT2D eigenvalue weighted by molar-refractivity contribution is 0.383. The zero-order valence-electron chi connectivity index (χ0n) is 16.7. The Bertz CT molecular complexity index is 726. The van der Waals surface area contributed by atoms with Gasteiger partial charge in [-0.05, 0) is 25.0 Å². The summed E-state index contributed by atoms with van der Waals surface area (Å²) < 4.78 is 26.9. The molecule has 0 unspecified atom stereocenters. The van der Waals surface area contributed by atoms with E-state index in [0.29, 0.717) is 44.7 Å². The summed E-state index contributed by atoms with van der Waals surface area (Å²) >= 11 is 0. The minimum Gasteiger partial charge on any atom is -0.355 e. The van der Waals surface area contributed by atoms with Crippen molar-refractivity contribution in [2.75, 3.05) is 50.4 Å². The lowest BCUT2D eigenvalue weighted by atomic mass is 9.96. The molecule has 2 fully saturated rings. The normalized spacial score (nSPS) is 20.2. The standard InChI is InChI=1S/C19H32N6O2S/c1-20-19(23-17-7-3-2-4-8-17)22-11-16-28(26,27)25-14-12-24(13-15-25)18-9-5-6-10-21-18/h5-6,9-10,17H,2-4,7-8,11-16H2,1H3,(H2,20,22,23). The van der Waals surface area contributed by atoms with Gasteiger partial charge in [-0.3, -0.25) is 4.99 Å². The number of guanidine groups is 1. The van der Waals surface area contributed by atoms with E-state index in [1.807, 2.05) is 18.2 Å². The maximum absolute atomic E-state index is 12.7. The van der Waals surface area contributed by atoms with E-state index in [1.165, 1.54) is 19.3 Å². The summed E-state index contributed by atoms with van der Waals surface area (Å²) in [6.07, 6.45) is 7.86. The summed E-state index contributed by atoms with van der Waals surface area (Å²) in [5.41, 5.74) is 0. The number of piperazine rings is 1. The number of rotatable bonds is 6. The van der Waals surface area contributed by atoms with E-state index in [4.69, 9.17) is 0 Å². The Morgan fingerprint density at radius 2 is 1.93 bits per heavy atom. The average molecular weight is 409 g/mol. The van der Waals surface area contributed by atoms with Crippen LogP contribution in [0.25, 0.3) is 0 Å². The number of nitrogens with one attached hydrogen (secondary N) is 2. The van der Waals surface area contributed by atoms with Crippen LogP contribution in [0.3, 0.4) is 0 Å². The molecule has 9 heteroatoms. The average Bonchev–Trinajstić information content (AvgIpc) is 2.74. The number of aliphatic imine (C=N–C) groups is 1. The monoisotopic (exact) mass is 408 g/mol. The summed E-state index contributed by atoms with van der Waals surface area (Å²) in [6.45, 7) is 2.67. The van der Waals surface area contributed by atoms with Crippen LogP contribution < -0.4 is 15.5 Å². The van der Waals surface area contributed by atoms with E-state index in [-0.39, 0.29) is 5.75 Å². The van der Waals surface area contributed by atoms with Gasteiger partial charge in [0, 0.05) is 52.0 Å². The molecule has 2 aliphatic rings. The second kappa shape index (κ2) is 10.1. The van der Waals surface area contributed by atoms with Gasteiger partial charge in [0.05, 0.1) is 5.75 Å². The third kappa shape index (κ3) is 5.81. The van der Waals surface area contributed by atoms with Gasteiger partial charge in [0.25, 0.3) is 0 Å². The predicted molar refractivity (Wildman–Crippen MR) is 113 cm³/mol. The van der Waals surface area contributed by atoms with Crippen molar-refractivity contribution in [3.8, 4) is 0 Å². The smallest absolute Gasteiger partial charge is 0.215 e. The van der Waals surface area contributed by atoms with Crippen molar-refractivity contribution >= 4 is 21.8 Å². The summed E-state index contributed by atoms with van der Waals surface area (Å²) in [7, 11) is -1.56. The Labute approximate surface area is 168 Å². The summed E-state index contributed by atoms with van der Waals surface area (Å²) in [5, 5.41) is 6.57. The molecular formula is C19H32N6O2S. The van der Waals surface area contributed by atoms with Crippen molar-refractivity contribution in [2.24, 2.45) is 4.99 Å². The van der Waals surface area contributed by atoms with Crippen LogP contribution in [0.5, 0.6) is 0 Å². The molecule has 0 radical (unpaired) electrons. The first-order valence-corrected chi connectivity index (χ1v) is 11.8. The minimum absolute atomic E-state index is 0.0714. The number of sulfonamides is 1. The van der Waals surface area contributed by atoms with Crippen LogP contribution in [0.4, 0.5) is 5.82 Å². The van der Waals surface area contributed by atoms with Gasteiger partial charge < -0.3 is 15.5 Å². The summed E-state index contributed by atoms with van der Waals surface area (Å²) in [6, 6.07) is 6.23. The maximum Gasteiger partial charge on any atom is 0.215 e. The minimum atomic E-state index is -3.28. The number of hydrogen-bond acceptors (Lipinski definition) is 5. The fraction of sp³-hybridized carbons (Fsp3) is 0.684. The fourth-order valence-corrected chi connectivity index (χ4v) is 5.14. The van der Waals surface area contributed by atoms with Gasteiger partial charge >= 0.3 is 0 Å². The number of nitrogens with zero attached hydrogens (tertiary/aromatic N) is 4. The summed E-state index contributed by atoms with van der Waals surface area (Å²) in [5.74, 6) is 1.67.